The topological polar surface area (TPSA) is 152 Å². The maximum atomic E-state index is 14.7. The van der Waals surface area contributed by atoms with Crippen molar-refractivity contribution in [2.45, 2.75) is 39.2 Å². The maximum Gasteiger partial charge on any atom is 0.411 e. The Morgan fingerprint density at radius 1 is 1.20 bits per heavy atom. The number of carbonyl (C=O) groups is 3. The number of imidazole rings is 1. The summed E-state index contributed by atoms with van der Waals surface area (Å²) in [6.45, 7) is 3.87. The van der Waals surface area contributed by atoms with Crippen LogP contribution in [0.3, 0.4) is 0 Å². The molecule has 0 radical (unpaired) electrons. The van der Waals surface area contributed by atoms with E-state index in [2.05, 4.69) is 26.0 Å². The number of rotatable bonds is 7. The molecule has 0 spiro atoms. The van der Waals surface area contributed by atoms with Gasteiger partial charge in [0.1, 0.15) is 18.1 Å². The smallest absolute Gasteiger partial charge is 0.411 e. The number of hydrogen-bond donors (Lipinski definition) is 4. The second-order valence-corrected chi connectivity index (χ2v) is 11.1. The molecule has 1 aliphatic heterocycles. The van der Waals surface area contributed by atoms with E-state index in [-0.39, 0.29) is 41.3 Å². The van der Waals surface area contributed by atoms with E-state index in [1.165, 1.54) is 30.1 Å². The Kier molecular flexibility index (Phi) is 9.79. The minimum atomic E-state index is -0.654. The van der Waals surface area contributed by atoms with Crippen molar-refractivity contribution in [2.24, 2.45) is 5.92 Å². The Labute approximate surface area is 263 Å². The zero-order valence-corrected chi connectivity index (χ0v) is 25.7. The Morgan fingerprint density at radius 3 is 2.82 bits per heavy atom. The molecule has 0 fully saturated rings. The number of fused-ring (bicyclic) bond motifs is 4. The molecule has 0 saturated carbocycles. The largest absolute Gasteiger partial charge is 0.447 e. The van der Waals surface area contributed by atoms with Crippen LogP contribution < -0.4 is 16.0 Å². The molecule has 1 unspecified atom stereocenters. The van der Waals surface area contributed by atoms with E-state index in [1.807, 2.05) is 6.92 Å². The monoisotopic (exact) mass is 637 g/mol. The first-order valence-electron chi connectivity index (χ1n) is 14.4. The summed E-state index contributed by atoms with van der Waals surface area (Å²) in [6.07, 6.45) is 4.10. The summed E-state index contributed by atoms with van der Waals surface area (Å²) in [5, 5.41) is 12.8. The van der Waals surface area contributed by atoms with E-state index in [9.17, 15) is 18.8 Å². The molecule has 236 valence electrons. The third-order valence-electron chi connectivity index (χ3n) is 7.54. The molecule has 4 N–H and O–H groups in total. The van der Waals surface area contributed by atoms with E-state index in [0.29, 0.717) is 53.4 Å². The molecule has 4 aromatic rings. The molecule has 2 bridgehead atoms. The number of halogens is 2. The lowest BCUT2D eigenvalue weighted by Gasteiger charge is -2.20. The third-order valence-corrected chi connectivity index (χ3v) is 7.84. The molecule has 1 aliphatic rings. The molecule has 0 aliphatic carbocycles. The van der Waals surface area contributed by atoms with Crippen molar-refractivity contribution in [1.29, 1.82) is 0 Å². The molecule has 5 rings (SSSR count). The van der Waals surface area contributed by atoms with Crippen molar-refractivity contribution in [2.75, 3.05) is 31.0 Å². The van der Waals surface area contributed by atoms with Crippen molar-refractivity contribution in [3.05, 3.63) is 76.7 Å². The number of H-pyrrole nitrogens is 1. The SMILES string of the molecule is COCCOC(=O)Nc1ccc2c(c1)NC(=O)[C@@H](C)CCCC(NC(=O)c1cnn(-c3cccc(Cl)c3F)c1C)c1nc-2c[nH]1. The maximum absolute atomic E-state index is 14.7. The number of carbonyl (C=O) groups excluding carboxylic acids is 3. The predicted octanol–water partition coefficient (Wildman–Crippen LogP) is 5.79. The standard InChI is InChI=1S/C31H33ClFN7O5/c1-17-6-4-8-23(38-30(42)21-15-35-40(18(21)2)26-9-5-7-22(32)27(26)33)28-34-16-25(37-28)20-11-10-19(14-24(20)39-29(17)41)36-31(43)45-13-12-44-3/h5,7,9-11,14-17,23H,4,6,8,12-13H2,1-3H3,(H,34,37)(H,36,43)(H,38,42)(H,39,41)/t17-,23?/m0/s1. The fourth-order valence-electron chi connectivity index (χ4n) is 5.03. The molecule has 2 aromatic heterocycles. The van der Waals surface area contributed by atoms with Gasteiger partial charge in [0.2, 0.25) is 5.91 Å². The van der Waals surface area contributed by atoms with Crippen LogP contribution in [-0.2, 0) is 14.3 Å². The van der Waals surface area contributed by atoms with Crippen molar-refractivity contribution in [1.82, 2.24) is 25.1 Å². The van der Waals surface area contributed by atoms with Crippen LogP contribution in [0.25, 0.3) is 16.9 Å². The van der Waals surface area contributed by atoms with Crippen LogP contribution in [0.2, 0.25) is 5.02 Å². The van der Waals surface area contributed by atoms with E-state index in [1.54, 1.807) is 37.4 Å². The number of aromatic amines is 1. The van der Waals surface area contributed by atoms with Crippen molar-refractivity contribution in [3.8, 4) is 16.9 Å². The summed E-state index contributed by atoms with van der Waals surface area (Å²) >= 11 is 5.95. The third kappa shape index (κ3) is 7.15. The van der Waals surface area contributed by atoms with Crippen LogP contribution in [-0.4, -0.2) is 58.0 Å². The minimum Gasteiger partial charge on any atom is -0.447 e. The summed E-state index contributed by atoms with van der Waals surface area (Å²) in [7, 11) is 1.51. The Hall–Kier alpha value is -4.75. The molecular weight excluding hydrogens is 605 g/mol. The van der Waals surface area contributed by atoms with Crippen LogP contribution in [0.15, 0.2) is 48.8 Å². The van der Waals surface area contributed by atoms with Crippen LogP contribution in [0.5, 0.6) is 0 Å². The highest BCUT2D eigenvalue weighted by Crippen LogP contribution is 2.33. The Bertz CT molecular complexity index is 1720. The van der Waals surface area contributed by atoms with Gasteiger partial charge in [0.25, 0.3) is 5.91 Å². The quantitative estimate of drug-likeness (QED) is 0.187. The van der Waals surface area contributed by atoms with Gasteiger partial charge < -0.3 is 25.1 Å². The molecule has 3 heterocycles. The first kappa shape index (κ1) is 31.7. The first-order valence-corrected chi connectivity index (χ1v) is 14.8. The number of hydrogen-bond acceptors (Lipinski definition) is 7. The van der Waals surface area contributed by atoms with E-state index < -0.39 is 23.9 Å². The van der Waals surface area contributed by atoms with Gasteiger partial charge in [-0.1, -0.05) is 31.0 Å². The van der Waals surface area contributed by atoms with Gasteiger partial charge in [-0.2, -0.15) is 5.10 Å². The number of nitrogens with zero attached hydrogens (tertiary/aromatic N) is 3. The highest BCUT2D eigenvalue weighted by Gasteiger charge is 2.25. The van der Waals surface area contributed by atoms with Gasteiger partial charge in [-0.15, -0.1) is 0 Å². The number of amides is 3. The molecule has 2 aromatic carbocycles. The molecule has 12 nitrogen and oxygen atoms in total. The van der Waals surface area contributed by atoms with Crippen LogP contribution in [0.1, 0.15) is 54.1 Å². The zero-order chi connectivity index (χ0) is 32.1. The summed E-state index contributed by atoms with van der Waals surface area (Å²) in [5.74, 6) is -1.04. The van der Waals surface area contributed by atoms with Gasteiger partial charge in [0, 0.05) is 30.5 Å². The number of nitrogens with one attached hydrogen (secondary N) is 4. The lowest BCUT2D eigenvalue weighted by molar-refractivity contribution is -0.119. The van der Waals surface area contributed by atoms with Gasteiger partial charge in [0.05, 0.1) is 46.5 Å². The normalized spacial score (nSPS) is 16.5. The van der Waals surface area contributed by atoms with Gasteiger partial charge in [0.15, 0.2) is 5.82 Å². The van der Waals surface area contributed by atoms with Crippen molar-refractivity contribution < 1.29 is 28.2 Å². The van der Waals surface area contributed by atoms with Crippen molar-refractivity contribution >= 4 is 40.9 Å². The average molecular weight is 638 g/mol. The summed E-state index contributed by atoms with van der Waals surface area (Å²) in [5.41, 5.74) is 2.86. The fraction of sp³-hybridized carbons (Fsp3) is 0.323. The highest BCUT2D eigenvalue weighted by atomic mass is 35.5. The number of anilines is 2. The molecule has 3 amide bonds. The summed E-state index contributed by atoms with van der Waals surface area (Å²) in [4.78, 5) is 46.7. The Balaban J connectivity index is 1.41. The van der Waals surface area contributed by atoms with E-state index in [0.717, 1.165) is 0 Å². The minimum absolute atomic E-state index is 0.0485. The number of benzene rings is 2. The number of methoxy groups -OCH3 is 1. The van der Waals surface area contributed by atoms with Gasteiger partial charge in [-0.25, -0.2) is 18.9 Å². The fourth-order valence-corrected chi connectivity index (χ4v) is 5.20. The number of ether oxygens (including phenoxy) is 2. The molecular formula is C31H33ClFN7O5. The Morgan fingerprint density at radius 2 is 2.02 bits per heavy atom. The van der Waals surface area contributed by atoms with Gasteiger partial charge >= 0.3 is 6.09 Å². The molecule has 0 saturated heterocycles. The lowest BCUT2D eigenvalue weighted by Crippen LogP contribution is -2.30. The van der Waals surface area contributed by atoms with E-state index in [4.69, 9.17) is 26.1 Å². The molecule has 45 heavy (non-hydrogen) atoms. The second-order valence-electron chi connectivity index (χ2n) is 10.7. The van der Waals surface area contributed by atoms with Gasteiger partial charge in [-0.3, -0.25) is 14.9 Å². The average Bonchev–Trinajstić information content (AvgIpc) is 3.65. The van der Waals surface area contributed by atoms with Crippen molar-refractivity contribution in [3.63, 3.8) is 0 Å². The van der Waals surface area contributed by atoms with Gasteiger partial charge in [-0.05, 0) is 50.1 Å². The number of aromatic nitrogens is 4. The second kappa shape index (κ2) is 13.9. The summed E-state index contributed by atoms with van der Waals surface area (Å²) < 4.78 is 26.0. The highest BCUT2D eigenvalue weighted by molar-refractivity contribution is 6.30. The lowest BCUT2D eigenvalue weighted by atomic mass is 9.99. The summed E-state index contributed by atoms with van der Waals surface area (Å²) in [6, 6.07) is 9.11. The zero-order valence-electron chi connectivity index (χ0n) is 24.9. The molecule has 14 heteroatoms. The predicted molar refractivity (Wildman–Crippen MR) is 166 cm³/mol. The van der Waals surface area contributed by atoms with Crippen LogP contribution in [0, 0.1) is 18.7 Å². The van der Waals surface area contributed by atoms with Crippen LogP contribution >= 0.6 is 11.6 Å². The van der Waals surface area contributed by atoms with E-state index >= 15 is 0 Å². The van der Waals surface area contributed by atoms with Crippen LogP contribution in [0.4, 0.5) is 20.6 Å². The molecule has 2 atom stereocenters. The first-order chi connectivity index (χ1) is 21.7.